The van der Waals surface area contributed by atoms with Crippen LogP contribution in [0, 0.1) is 6.92 Å². The van der Waals surface area contributed by atoms with Crippen LogP contribution >= 0.6 is 0 Å². The van der Waals surface area contributed by atoms with Gasteiger partial charge in [-0.15, -0.1) is 0 Å². The van der Waals surface area contributed by atoms with Crippen molar-refractivity contribution in [1.29, 1.82) is 0 Å². The van der Waals surface area contributed by atoms with Gasteiger partial charge in [0.2, 0.25) is 5.95 Å². The topological polar surface area (TPSA) is 50.7 Å². The second kappa shape index (κ2) is 5.85. The van der Waals surface area contributed by atoms with Crippen molar-refractivity contribution in [2.75, 3.05) is 5.32 Å². The van der Waals surface area contributed by atoms with E-state index in [9.17, 15) is 0 Å². The molecule has 1 N–H and O–H groups in total. The summed E-state index contributed by atoms with van der Waals surface area (Å²) in [6, 6.07) is 0. The highest BCUT2D eigenvalue weighted by molar-refractivity contribution is 6.29. The number of aryl methyl sites for hydroxylation is 1. The number of allylic oxidation sites excluding steroid dienone is 4. The zero-order valence-electron chi connectivity index (χ0n) is 9.44. The number of anilines is 1. The van der Waals surface area contributed by atoms with Crippen LogP contribution in [0.3, 0.4) is 0 Å². The summed E-state index contributed by atoms with van der Waals surface area (Å²) >= 11 is 0. The third kappa shape index (κ3) is 3.69. The minimum Gasteiger partial charge on any atom is -0.324 e. The second-order valence-corrected chi connectivity index (χ2v) is 3.04. The van der Waals surface area contributed by atoms with E-state index in [1.807, 2.05) is 25.2 Å². The van der Waals surface area contributed by atoms with Crippen LogP contribution in [0.5, 0.6) is 0 Å². The highest BCUT2D eigenvalue weighted by atomic mass is 15.1. The van der Waals surface area contributed by atoms with E-state index in [1.165, 1.54) is 0 Å². The van der Waals surface area contributed by atoms with Gasteiger partial charge in [0.05, 0.1) is 5.72 Å². The molecule has 0 aromatic carbocycles. The average molecular weight is 212 g/mol. The monoisotopic (exact) mass is 212 g/mol. The highest BCUT2D eigenvalue weighted by Gasteiger charge is 2.00. The SMILES string of the molecule is [B]c1nc(C)nc(N/C(C=C)=C/C=C\C)n1. The summed E-state index contributed by atoms with van der Waals surface area (Å²) in [7, 11) is 5.52. The predicted molar refractivity (Wildman–Crippen MR) is 66.7 cm³/mol. The molecule has 4 nitrogen and oxygen atoms in total. The van der Waals surface area contributed by atoms with E-state index in [0.717, 1.165) is 5.70 Å². The average Bonchev–Trinajstić information content (AvgIpc) is 2.22. The van der Waals surface area contributed by atoms with Gasteiger partial charge in [-0.1, -0.05) is 18.7 Å². The molecule has 0 atom stereocenters. The van der Waals surface area contributed by atoms with E-state index in [0.29, 0.717) is 11.8 Å². The predicted octanol–water partition coefficient (Wildman–Crippen LogP) is 1.03. The van der Waals surface area contributed by atoms with Crippen molar-refractivity contribution in [2.24, 2.45) is 0 Å². The van der Waals surface area contributed by atoms with E-state index in [4.69, 9.17) is 7.85 Å². The van der Waals surface area contributed by atoms with Crippen LogP contribution < -0.4 is 11.0 Å². The molecule has 1 aromatic rings. The lowest BCUT2D eigenvalue weighted by Crippen LogP contribution is -2.18. The fraction of sp³-hybridized carbons (Fsp3) is 0.182. The minimum atomic E-state index is 0.199. The Bertz CT molecular complexity index is 417. The molecule has 0 aliphatic rings. The summed E-state index contributed by atoms with van der Waals surface area (Å²) in [5.74, 6) is 0.991. The van der Waals surface area contributed by atoms with E-state index < -0.39 is 0 Å². The van der Waals surface area contributed by atoms with Crippen LogP contribution in [-0.4, -0.2) is 22.8 Å². The maximum absolute atomic E-state index is 5.52. The van der Waals surface area contributed by atoms with Gasteiger partial charge < -0.3 is 5.32 Å². The third-order valence-corrected chi connectivity index (χ3v) is 1.71. The summed E-state index contributed by atoms with van der Waals surface area (Å²) in [5, 5.41) is 2.99. The molecule has 0 bridgehead atoms. The lowest BCUT2D eigenvalue weighted by atomic mass is 10.1. The standard InChI is InChI=1S/C11H13BN4/c1-4-6-7-9(5-2)15-11-14-8(3)13-10(12)16-11/h4-7H,2H2,1,3H3,(H,13,14,15,16)/b6-4-,9-7+. The number of hydrogen-bond acceptors (Lipinski definition) is 4. The lowest BCUT2D eigenvalue weighted by molar-refractivity contribution is 1.01. The zero-order valence-corrected chi connectivity index (χ0v) is 9.44. The molecular weight excluding hydrogens is 199 g/mol. The van der Waals surface area contributed by atoms with Crippen molar-refractivity contribution in [3.8, 4) is 0 Å². The van der Waals surface area contributed by atoms with Gasteiger partial charge in [-0.05, 0) is 26.0 Å². The van der Waals surface area contributed by atoms with Gasteiger partial charge in [-0.2, -0.15) is 4.98 Å². The van der Waals surface area contributed by atoms with Crippen LogP contribution in [0.1, 0.15) is 12.7 Å². The minimum absolute atomic E-state index is 0.199. The summed E-state index contributed by atoms with van der Waals surface area (Å²) in [6.45, 7) is 7.38. The van der Waals surface area contributed by atoms with Gasteiger partial charge in [0, 0.05) is 5.70 Å². The Kier molecular flexibility index (Phi) is 4.45. The first kappa shape index (κ1) is 12.2. The fourth-order valence-electron chi connectivity index (χ4n) is 1.05. The van der Waals surface area contributed by atoms with Crippen molar-refractivity contribution in [3.05, 3.63) is 42.4 Å². The van der Waals surface area contributed by atoms with Crippen LogP contribution in [0.25, 0.3) is 0 Å². The van der Waals surface area contributed by atoms with E-state index in [-0.39, 0.29) is 5.72 Å². The molecule has 0 saturated heterocycles. The summed E-state index contributed by atoms with van der Waals surface area (Å²) in [4.78, 5) is 12.0. The molecule has 80 valence electrons. The molecule has 0 spiro atoms. The molecule has 0 saturated carbocycles. The molecule has 1 aromatic heterocycles. The second-order valence-electron chi connectivity index (χ2n) is 3.04. The molecule has 1 rings (SSSR count). The molecule has 2 radical (unpaired) electrons. The van der Waals surface area contributed by atoms with Crippen LogP contribution in [0.2, 0.25) is 0 Å². The third-order valence-electron chi connectivity index (χ3n) is 1.71. The Balaban J connectivity index is 2.89. The molecule has 0 aliphatic carbocycles. The van der Waals surface area contributed by atoms with Crippen LogP contribution in [0.4, 0.5) is 5.95 Å². The van der Waals surface area contributed by atoms with E-state index in [1.54, 1.807) is 13.0 Å². The van der Waals surface area contributed by atoms with E-state index in [2.05, 4.69) is 26.8 Å². The summed E-state index contributed by atoms with van der Waals surface area (Å²) < 4.78 is 0. The Morgan fingerprint density at radius 2 is 2.12 bits per heavy atom. The molecule has 0 aliphatic heterocycles. The van der Waals surface area contributed by atoms with Gasteiger partial charge in [-0.3, -0.25) is 0 Å². The number of nitrogens with zero attached hydrogens (tertiary/aromatic N) is 3. The summed E-state index contributed by atoms with van der Waals surface area (Å²) in [5.41, 5.74) is 0.993. The first-order valence-corrected chi connectivity index (χ1v) is 4.86. The lowest BCUT2D eigenvalue weighted by Gasteiger charge is -2.06. The Morgan fingerprint density at radius 1 is 1.38 bits per heavy atom. The number of aromatic nitrogens is 3. The van der Waals surface area contributed by atoms with Gasteiger partial charge in [0.1, 0.15) is 5.82 Å². The fourth-order valence-corrected chi connectivity index (χ4v) is 1.05. The normalized spacial score (nSPS) is 11.8. The maximum atomic E-state index is 5.52. The Labute approximate surface area is 96.6 Å². The van der Waals surface area contributed by atoms with Gasteiger partial charge in [0.15, 0.2) is 7.85 Å². The van der Waals surface area contributed by atoms with Crippen LogP contribution in [0.15, 0.2) is 36.6 Å². The number of rotatable bonds is 4. The largest absolute Gasteiger partial charge is 0.324 e. The van der Waals surface area contributed by atoms with Crippen LogP contribution in [-0.2, 0) is 0 Å². The summed E-state index contributed by atoms with van der Waals surface area (Å²) in [6.07, 6.45) is 7.34. The molecule has 0 unspecified atom stereocenters. The molecule has 5 heteroatoms. The van der Waals surface area contributed by atoms with Gasteiger partial charge in [0.25, 0.3) is 0 Å². The molecule has 0 amide bonds. The molecule has 16 heavy (non-hydrogen) atoms. The number of nitrogens with one attached hydrogen (secondary N) is 1. The number of hydrogen-bond donors (Lipinski definition) is 1. The van der Waals surface area contributed by atoms with Crippen molar-refractivity contribution in [3.63, 3.8) is 0 Å². The molecule has 1 heterocycles. The Hall–Kier alpha value is -1.91. The van der Waals surface area contributed by atoms with Crippen molar-refractivity contribution >= 4 is 19.5 Å². The van der Waals surface area contributed by atoms with Crippen molar-refractivity contribution < 1.29 is 0 Å². The van der Waals surface area contributed by atoms with Crippen molar-refractivity contribution in [1.82, 2.24) is 15.0 Å². The van der Waals surface area contributed by atoms with Gasteiger partial charge in [-0.25, -0.2) is 9.97 Å². The van der Waals surface area contributed by atoms with E-state index >= 15 is 0 Å². The Morgan fingerprint density at radius 3 is 2.69 bits per heavy atom. The molecular formula is C11H13BN4. The molecule has 0 fully saturated rings. The van der Waals surface area contributed by atoms with Crippen molar-refractivity contribution in [2.45, 2.75) is 13.8 Å². The maximum Gasteiger partial charge on any atom is 0.229 e. The zero-order chi connectivity index (χ0) is 12.0. The smallest absolute Gasteiger partial charge is 0.229 e. The first-order chi connectivity index (χ1) is 7.65. The van der Waals surface area contributed by atoms with Gasteiger partial charge >= 0.3 is 0 Å². The quantitative estimate of drug-likeness (QED) is 0.598. The highest BCUT2D eigenvalue weighted by Crippen LogP contribution is 2.02. The first-order valence-electron chi connectivity index (χ1n) is 4.86.